The third-order valence-corrected chi connectivity index (χ3v) is 4.64. The molecule has 0 N–H and O–H groups in total. The molecule has 1 saturated carbocycles. The van der Waals surface area contributed by atoms with Crippen LogP contribution in [-0.2, 0) is 4.79 Å². The average molecular weight is 243 g/mol. The lowest BCUT2D eigenvalue weighted by Crippen LogP contribution is -2.43. The molecule has 0 amide bonds. The number of carbonyl (C=O) groups excluding carboxylic acids is 1. The number of rotatable bonds is 3. The van der Waals surface area contributed by atoms with Crippen LogP contribution in [0.3, 0.4) is 0 Å². The zero-order valence-electron chi connectivity index (χ0n) is 11.1. The molecule has 0 aromatic rings. The molecule has 2 nitrogen and oxygen atoms in total. The molecule has 2 aliphatic carbocycles. The highest BCUT2D eigenvalue weighted by Crippen LogP contribution is 2.48. The smallest absolute Gasteiger partial charge is 0.140 e. The molecule has 1 fully saturated rings. The number of carbonyl (C=O) groups is 1. The van der Waals surface area contributed by atoms with E-state index in [0.29, 0.717) is 12.3 Å². The molecule has 0 bridgehead atoms. The Morgan fingerprint density at radius 3 is 2.67 bits per heavy atom. The molecule has 0 aromatic carbocycles. The summed E-state index contributed by atoms with van der Waals surface area (Å²) >= 11 is 0. The monoisotopic (exact) mass is 243 g/mol. The van der Waals surface area contributed by atoms with Gasteiger partial charge in [-0.3, -0.25) is 4.79 Å². The van der Waals surface area contributed by atoms with Crippen LogP contribution < -0.4 is 0 Å². The molecule has 0 radical (unpaired) electrons. The third-order valence-electron chi connectivity index (χ3n) is 4.64. The van der Waals surface area contributed by atoms with E-state index < -0.39 is 5.41 Å². The van der Waals surface area contributed by atoms with Crippen molar-refractivity contribution in [3.63, 3.8) is 0 Å². The summed E-state index contributed by atoms with van der Waals surface area (Å²) < 4.78 is 0. The molecular weight excluding hydrogens is 222 g/mol. The van der Waals surface area contributed by atoms with Crippen LogP contribution in [0.25, 0.3) is 0 Å². The standard InChI is InChI=1S/C16H21NO/c1-13(18)16(14-7-3-2-4-8-14)11-6-5-9-15(16)10-12-17/h5-6,9,11,14-15H,2-4,7-8,10H2,1H3. The van der Waals surface area contributed by atoms with Crippen LogP contribution in [0.15, 0.2) is 24.3 Å². The van der Waals surface area contributed by atoms with Gasteiger partial charge in [0, 0.05) is 12.3 Å². The number of hydrogen-bond donors (Lipinski definition) is 0. The lowest BCUT2D eigenvalue weighted by Gasteiger charge is -2.44. The van der Waals surface area contributed by atoms with Crippen LogP contribution in [0.4, 0.5) is 0 Å². The summed E-state index contributed by atoms with van der Waals surface area (Å²) in [7, 11) is 0. The van der Waals surface area contributed by atoms with E-state index in [1.54, 1.807) is 6.92 Å². The van der Waals surface area contributed by atoms with Gasteiger partial charge in [0.2, 0.25) is 0 Å². The molecule has 0 spiro atoms. The highest BCUT2D eigenvalue weighted by molar-refractivity contribution is 5.86. The molecule has 2 aliphatic rings. The lowest BCUT2D eigenvalue weighted by molar-refractivity contribution is -0.129. The maximum Gasteiger partial charge on any atom is 0.140 e. The van der Waals surface area contributed by atoms with Crippen molar-refractivity contribution in [3.8, 4) is 6.07 Å². The van der Waals surface area contributed by atoms with E-state index >= 15 is 0 Å². The number of allylic oxidation sites excluding steroid dienone is 4. The number of Topliss-reactive ketones (excluding diaryl/α,β-unsaturated/α-hetero) is 1. The Morgan fingerprint density at radius 2 is 2.06 bits per heavy atom. The first kappa shape index (κ1) is 13.1. The molecule has 2 atom stereocenters. The fourth-order valence-electron chi connectivity index (χ4n) is 3.72. The molecule has 18 heavy (non-hydrogen) atoms. The zero-order chi connectivity index (χ0) is 13.0. The highest BCUT2D eigenvalue weighted by atomic mass is 16.1. The van der Waals surface area contributed by atoms with E-state index in [9.17, 15) is 4.79 Å². The Balaban J connectivity index is 2.35. The van der Waals surface area contributed by atoms with Crippen LogP contribution in [0.5, 0.6) is 0 Å². The Labute approximate surface area is 109 Å². The summed E-state index contributed by atoms with van der Waals surface area (Å²) in [6.45, 7) is 1.70. The molecule has 0 aromatic heterocycles. The van der Waals surface area contributed by atoms with Crippen LogP contribution in [0.2, 0.25) is 0 Å². The predicted octanol–water partition coefficient (Wildman–Crippen LogP) is 3.80. The Hall–Kier alpha value is -1.36. The van der Waals surface area contributed by atoms with Gasteiger partial charge in [-0.05, 0) is 25.7 Å². The van der Waals surface area contributed by atoms with Gasteiger partial charge in [-0.25, -0.2) is 0 Å². The van der Waals surface area contributed by atoms with Crippen molar-refractivity contribution in [2.45, 2.75) is 45.4 Å². The summed E-state index contributed by atoms with van der Waals surface area (Å²) in [4.78, 5) is 12.3. The van der Waals surface area contributed by atoms with Crippen molar-refractivity contribution >= 4 is 5.78 Å². The van der Waals surface area contributed by atoms with Gasteiger partial charge in [0.25, 0.3) is 0 Å². The summed E-state index contributed by atoms with van der Waals surface area (Å²) in [5.74, 6) is 0.714. The van der Waals surface area contributed by atoms with Gasteiger partial charge >= 0.3 is 0 Å². The van der Waals surface area contributed by atoms with Gasteiger partial charge in [-0.1, -0.05) is 43.6 Å². The van der Waals surface area contributed by atoms with Gasteiger partial charge in [0.1, 0.15) is 5.78 Å². The summed E-state index contributed by atoms with van der Waals surface area (Å²) in [6, 6.07) is 2.25. The summed E-state index contributed by atoms with van der Waals surface area (Å²) in [5, 5.41) is 9.01. The molecule has 0 heterocycles. The fraction of sp³-hybridized carbons (Fsp3) is 0.625. The topological polar surface area (TPSA) is 40.9 Å². The minimum atomic E-state index is -0.412. The van der Waals surface area contributed by atoms with E-state index in [1.165, 1.54) is 19.3 Å². The minimum Gasteiger partial charge on any atom is -0.299 e. The Bertz CT molecular complexity index is 409. The first-order valence-corrected chi connectivity index (χ1v) is 6.96. The van der Waals surface area contributed by atoms with Crippen LogP contribution in [0.1, 0.15) is 45.4 Å². The molecular formula is C16H21NO. The first-order valence-electron chi connectivity index (χ1n) is 6.96. The van der Waals surface area contributed by atoms with Crippen molar-refractivity contribution in [3.05, 3.63) is 24.3 Å². The van der Waals surface area contributed by atoms with Crippen molar-refractivity contribution in [2.75, 3.05) is 0 Å². The van der Waals surface area contributed by atoms with Crippen LogP contribution in [-0.4, -0.2) is 5.78 Å². The van der Waals surface area contributed by atoms with Crippen molar-refractivity contribution in [1.29, 1.82) is 5.26 Å². The lowest BCUT2D eigenvalue weighted by atomic mass is 9.58. The molecule has 96 valence electrons. The third kappa shape index (κ3) is 2.14. The minimum absolute atomic E-state index is 0.0631. The van der Waals surface area contributed by atoms with Crippen molar-refractivity contribution in [1.82, 2.24) is 0 Å². The fourth-order valence-corrected chi connectivity index (χ4v) is 3.72. The SMILES string of the molecule is CC(=O)C1(C2CCCCC2)C=CC=CC1CC#N. The number of hydrogen-bond acceptors (Lipinski definition) is 2. The second-order valence-electron chi connectivity index (χ2n) is 5.54. The first-order chi connectivity index (χ1) is 8.71. The normalized spacial score (nSPS) is 32.1. The number of nitriles is 1. The maximum atomic E-state index is 12.3. The molecule has 2 rings (SSSR count). The second-order valence-corrected chi connectivity index (χ2v) is 5.54. The molecule has 2 unspecified atom stereocenters. The second kappa shape index (κ2) is 5.52. The molecule has 0 aliphatic heterocycles. The molecule has 0 saturated heterocycles. The quantitative estimate of drug-likeness (QED) is 0.756. The van der Waals surface area contributed by atoms with Gasteiger partial charge in [-0.2, -0.15) is 5.26 Å². The maximum absolute atomic E-state index is 12.3. The summed E-state index contributed by atoms with van der Waals surface area (Å²) in [6.07, 6.45) is 14.5. The largest absolute Gasteiger partial charge is 0.299 e. The summed E-state index contributed by atoms with van der Waals surface area (Å²) in [5.41, 5.74) is -0.412. The van der Waals surface area contributed by atoms with Gasteiger partial charge in [0.15, 0.2) is 0 Å². The number of nitrogens with zero attached hydrogens (tertiary/aromatic N) is 1. The Kier molecular flexibility index (Phi) is 4.01. The van der Waals surface area contributed by atoms with Gasteiger partial charge in [-0.15, -0.1) is 0 Å². The Morgan fingerprint density at radius 1 is 1.33 bits per heavy atom. The van der Waals surface area contributed by atoms with Crippen molar-refractivity contribution in [2.24, 2.45) is 17.3 Å². The van der Waals surface area contributed by atoms with Crippen molar-refractivity contribution < 1.29 is 4.79 Å². The van der Waals surface area contributed by atoms with Gasteiger partial charge in [0.05, 0.1) is 11.5 Å². The highest BCUT2D eigenvalue weighted by Gasteiger charge is 2.46. The van der Waals surface area contributed by atoms with E-state index in [1.807, 2.05) is 12.2 Å². The van der Waals surface area contributed by atoms with Crippen LogP contribution in [0, 0.1) is 28.6 Å². The van der Waals surface area contributed by atoms with Crippen LogP contribution >= 0.6 is 0 Å². The predicted molar refractivity (Wildman–Crippen MR) is 71.7 cm³/mol. The van der Waals surface area contributed by atoms with E-state index in [2.05, 4.69) is 18.2 Å². The zero-order valence-corrected chi connectivity index (χ0v) is 11.1. The average Bonchev–Trinajstić information content (AvgIpc) is 2.40. The van der Waals surface area contributed by atoms with E-state index in [0.717, 1.165) is 12.8 Å². The number of ketones is 1. The molecule has 2 heteroatoms. The van der Waals surface area contributed by atoms with Gasteiger partial charge < -0.3 is 0 Å². The van der Waals surface area contributed by atoms with E-state index in [4.69, 9.17) is 5.26 Å². The van der Waals surface area contributed by atoms with E-state index in [-0.39, 0.29) is 11.7 Å².